The summed E-state index contributed by atoms with van der Waals surface area (Å²) in [5.74, 6) is -0.599. The molecule has 1 aromatic rings. The number of carbonyl (C=O) groups is 1. The lowest BCUT2D eigenvalue weighted by atomic mass is 10.1. The molecule has 0 fully saturated rings. The highest BCUT2D eigenvalue weighted by Gasteiger charge is 2.20. The SMILES string of the molecule is COC(=O)c1c(C#N)nc(C)c(Cl)c1C. The largest absolute Gasteiger partial charge is 0.465 e. The third kappa shape index (κ3) is 1.92. The second-order valence-corrected chi connectivity index (χ2v) is 3.34. The maximum absolute atomic E-state index is 11.4. The summed E-state index contributed by atoms with van der Waals surface area (Å²) >= 11 is 5.93. The van der Waals surface area contributed by atoms with Crippen molar-refractivity contribution in [3.63, 3.8) is 0 Å². The number of halogens is 1. The highest BCUT2D eigenvalue weighted by molar-refractivity contribution is 6.32. The number of carbonyl (C=O) groups excluding carboxylic acids is 1. The number of ether oxygens (including phenoxy) is 1. The molecule has 0 spiro atoms. The Kier molecular flexibility index (Phi) is 3.28. The minimum absolute atomic E-state index is 0.0428. The zero-order chi connectivity index (χ0) is 11.6. The molecule has 0 aliphatic heterocycles. The fourth-order valence-electron chi connectivity index (χ4n) is 1.26. The van der Waals surface area contributed by atoms with E-state index < -0.39 is 5.97 Å². The van der Waals surface area contributed by atoms with Gasteiger partial charge in [-0.05, 0) is 19.4 Å². The van der Waals surface area contributed by atoms with E-state index in [9.17, 15) is 4.79 Å². The zero-order valence-corrected chi connectivity index (χ0v) is 9.34. The van der Waals surface area contributed by atoms with Gasteiger partial charge in [0.05, 0.1) is 17.8 Å². The van der Waals surface area contributed by atoms with Crippen molar-refractivity contribution in [2.75, 3.05) is 7.11 Å². The van der Waals surface area contributed by atoms with Gasteiger partial charge in [-0.1, -0.05) is 11.6 Å². The van der Waals surface area contributed by atoms with Gasteiger partial charge in [-0.3, -0.25) is 0 Å². The monoisotopic (exact) mass is 224 g/mol. The topological polar surface area (TPSA) is 63.0 Å². The van der Waals surface area contributed by atoms with Gasteiger partial charge in [0.15, 0.2) is 5.69 Å². The summed E-state index contributed by atoms with van der Waals surface area (Å²) < 4.78 is 4.57. The van der Waals surface area contributed by atoms with Gasteiger partial charge in [-0.15, -0.1) is 0 Å². The van der Waals surface area contributed by atoms with Gasteiger partial charge < -0.3 is 4.74 Å². The van der Waals surface area contributed by atoms with Crippen LogP contribution in [0, 0.1) is 25.2 Å². The summed E-state index contributed by atoms with van der Waals surface area (Å²) in [5, 5.41) is 9.22. The number of pyridine rings is 1. The molecule has 0 radical (unpaired) electrons. The third-order valence-corrected chi connectivity index (χ3v) is 2.59. The number of aromatic nitrogens is 1. The molecule has 4 nitrogen and oxygen atoms in total. The highest BCUT2D eigenvalue weighted by Crippen LogP contribution is 2.24. The van der Waals surface area contributed by atoms with Crippen LogP contribution in [-0.2, 0) is 4.74 Å². The van der Waals surface area contributed by atoms with E-state index >= 15 is 0 Å². The molecule has 0 unspecified atom stereocenters. The predicted molar refractivity (Wildman–Crippen MR) is 54.8 cm³/mol. The predicted octanol–water partition coefficient (Wildman–Crippen LogP) is 2.01. The standard InChI is InChI=1S/C10H9ClN2O2/c1-5-8(10(14)15-3)7(4-12)13-6(2)9(5)11/h1-3H3. The highest BCUT2D eigenvalue weighted by atomic mass is 35.5. The van der Waals surface area contributed by atoms with Crippen LogP contribution in [0.1, 0.15) is 27.3 Å². The van der Waals surface area contributed by atoms with Gasteiger partial charge in [0, 0.05) is 0 Å². The molecule has 15 heavy (non-hydrogen) atoms. The van der Waals surface area contributed by atoms with Gasteiger partial charge in [0.2, 0.25) is 0 Å². The summed E-state index contributed by atoms with van der Waals surface area (Å²) in [7, 11) is 1.25. The molecule has 0 N–H and O–H groups in total. The molecular weight excluding hydrogens is 216 g/mol. The van der Waals surface area contributed by atoms with Gasteiger partial charge in [-0.2, -0.15) is 5.26 Å². The van der Waals surface area contributed by atoms with E-state index in [1.165, 1.54) is 7.11 Å². The first-order valence-corrected chi connectivity index (χ1v) is 4.55. The number of esters is 1. The number of rotatable bonds is 1. The molecule has 0 saturated carbocycles. The molecule has 5 heteroatoms. The van der Waals surface area contributed by atoms with Crippen molar-refractivity contribution in [3.05, 3.63) is 27.5 Å². The maximum atomic E-state index is 11.4. The molecule has 0 saturated heterocycles. The van der Waals surface area contributed by atoms with Gasteiger partial charge in [0.1, 0.15) is 11.6 Å². The number of hydrogen-bond acceptors (Lipinski definition) is 4. The van der Waals surface area contributed by atoms with Crippen LogP contribution in [-0.4, -0.2) is 18.1 Å². The Morgan fingerprint density at radius 2 is 2.13 bits per heavy atom. The molecule has 1 aromatic heterocycles. The van der Waals surface area contributed by atoms with E-state index in [-0.39, 0.29) is 11.3 Å². The van der Waals surface area contributed by atoms with Gasteiger partial charge in [-0.25, -0.2) is 9.78 Å². The van der Waals surface area contributed by atoms with Crippen molar-refractivity contribution in [2.24, 2.45) is 0 Å². The average molecular weight is 225 g/mol. The number of methoxy groups -OCH3 is 1. The van der Waals surface area contributed by atoms with Crippen LogP contribution in [0.25, 0.3) is 0 Å². The van der Waals surface area contributed by atoms with Crippen molar-refractivity contribution >= 4 is 17.6 Å². The quantitative estimate of drug-likeness (QED) is 0.685. The molecule has 0 aliphatic rings. The van der Waals surface area contributed by atoms with Crippen molar-refractivity contribution in [3.8, 4) is 6.07 Å². The number of nitriles is 1. The summed E-state index contributed by atoms with van der Waals surface area (Å²) in [6, 6.07) is 1.85. The normalized spacial score (nSPS) is 9.53. The first kappa shape index (κ1) is 11.5. The number of aryl methyl sites for hydroxylation is 1. The van der Waals surface area contributed by atoms with E-state index in [0.29, 0.717) is 16.3 Å². The average Bonchev–Trinajstić information content (AvgIpc) is 2.24. The molecule has 0 amide bonds. The summed E-state index contributed by atoms with van der Waals surface area (Å²) in [6.07, 6.45) is 0. The van der Waals surface area contributed by atoms with Crippen LogP contribution in [0.5, 0.6) is 0 Å². The second kappa shape index (κ2) is 4.28. The minimum atomic E-state index is -0.599. The Morgan fingerprint density at radius 1 is 1.53 bits per heavy atom. The summed E-state index contributed by atoms with van der Waals surface area (Å²) in [5.41, 5.74) is 1.22. The lowest BCUT2D eigenvalue weighted by Gasteiger charge is -2.08. The van der Waals surface area contributed by atoms with E-state index in [0.717, 1.165) is 0 Å². The zero-order valence-electron chi connectivity index (χ0n) is 8.59. The molecule has 1 heterocycles. The van der Waals surface area contributed by atoms with Crippen LogP contribution in [0.15, 0.2) is 0 Å². The van der Waals surface area contributed by atoms with E-state index in [4.69, 9.17) is 16.9 Å². The molecule has 0 atom stereocenters. The lowest BCUT2D eigenvalue weighted by molar-refractivity contribution is 0.0599. The molecule has 0 bridgehead atoms. The second-order valence-electron chi connectivity index (χ2n) is 2.96. The molecule has 78 valence electrons. The molecular formula is C10H9ClN2O2. The molecule has 0 aliphatic carbocycles. The van der Waals surface area contributed by atoms with Crippen LogP contribution >= 0.6 is 11.6 Å². The number of nitrogens with zero attached hydrogens (tertiary/aromatic N) is 2. The first-order valence-electron chi connectivity index (χ1n) is 4.18. The van der Waals surface area contributed by atoms with Crippen LogP contribution in [0.3, 0.4) is 0 Å². The van der Waals surface area contributed by atoms with Crippen molar-refractivity contribution in [1.82, 2.24) is 4.98 Å². The van der Waals surface area contributed by atoms with E-state index in [1.807, 2.05) is 6.07 Å². The Bertz CT molecular complexity index is 463. The third-order valence-electron chi connectivity index (χ3n) is 2.03. The fraction of sp³-hybridized carbons (Fsp3) is 0.300. The Balaban J connectivity index is 3.56. The van der Waals surface area contributed by atoms with Crippen LogP contribution < -0.4 is 0 Å². The van der Waals surface area contributed by atoms with Crippen molar-refractivity contribution in [1.29, 1.82) is 5.26 Å². The van der Waals surface area contributed by atoms with Gasteiger partial charge >= 0.3 is 5.97 Å². The Labute approximate surface area is 92.4 Å². The summed E-state index contributed by atoms with van der Waals surface area (Å²) in [4.78, 5) is 15.3. The van der Waals surface area contributed by atoms with Crippen LogP contribution in [0.4, 0.5) is 0 Å². The Hall–Kier alpha value is -1.60. The first-order chi connectivity index (χ1) is 7.02. The van der Waals surface area contributed by atoms with E-state index in [2.05, 4.69) is 9.72 Å². The maximum Gasteiger partial charge on any atom is 0.341 e. The van der Waals surface area contributed by atoms with Crippen LogP contribution in [0.2, 0.25) is 5.02 Å². The minimum Gasteiger partial charge on any atom is -0.465 e. The van der Waals surface area contributed by atoms with Gasteiger partial charge in [0.25, 0.3) is 0 Å². The van der Waals surface area contributed by atoms with Crippen molar-refractivity contribution in [2.45, 2.75) is 13.8 Å². The summed E-state index contributed by atoms with van der Waals surface area (Å²) in [6.45, 7) is 3.33. The van der Waals surface area contributed by atoms with E-state index in [1.54, 1.807) is 13.8 Å². The smallest absolute Gasteiger partial charge is 0.341 e. The Morgan fingerprint density at radius 3 is 2.60 bits per heavy atom. The lowest BCUT2D eigenvalue weighted by Crippen LogP contribution is -2.10. The fourth-order valence-corrected chi connectivity index (χ4v) is 1.40. The van der Waals surface area contributed by atoms with Crippen molar-refractivity contribution < 1.29 is 9.53 Å². The number of hydrogen-bond donors (Lipinski definition) is 0. The molecule has 1 rings (SSSR count). The molecule has 0 aromatic carbocycles.